The molecule has 2 amide bonds. The highest BCUT2D eigenvalue weighted by molar-refractivity contribution is 7.09. The lowest BCUT2D eigenvalue weighted by atomic mass is 10.1. The van der Waals surface area contributed by atoms with Crippen molar-refractivity contribution in [2.45, 2.75) is 33.0 Å². The third kappa shape index (κ3) is 6.19. The van der Waals surface area contributed by atoms with Crippen molar-refractivity contribution >= 4 is 23.2 Å². The highest BCUT2D eigenvalue weighted by Crippen LogP contribution is 2.17. The van der Waals surface area contributed by atoms with Gasteiger partial charge >= 0.3 is 0 Å². The molecule has 1 N–H and O–H groups in total. The van der Waals surface area contributed by atoms with Gasteiger partial charge in [0.25, 0.3) is 11.8 Å². The van der Waals surface area contributed by atoms with Crippen LogP contribution in [0.25, 0.3) is 0 Å². The Balaban J connectivity index is 1.42. The summed E-state index contributed by atoms with van der Waals surface area (Å²) >= 11 is 1.40. The van der Waals surface area contributed by atoms with Crippen LogP contribution in [-0.4, -0.2) is 37.8 Å². The first kappa shape index (κ1) is 24.3. The molecular weight excluding hydrogens is 465 g/mol. The predicted molar refractivity (Wildman–Crippen MR) is 132 cm³/mol. The monoisotopic (exact) mass is 491 g/mol. The van der Waals surface area contributed by atoms with E-state index in [1.54, 1.807) is 28.6 Å². The van der Waals surface area contributed by atoms with Crippen LogP contribution in [0.2, 0.25) is 0 Å². The summed E-state index contributed by atoms with van der Waals surface area (Å²) in [5.41, 5.74) is 2.10. The maximum absolute atomic E-state index is 14.2. The number of hydrogen-bond acceptors (Lipinski definition) is 5. The highest BCUT2D eigenvalue weighted by atomic mass is 32.1. The SMILES string of the molecule is CCCN(Cc1cccn1Cc1nc(C(=O)NCc2ccccn2)cs1)C(=O)c1ccccc1F. The van der Waals surface area contributed by atoms with Gasteiger partial charge in [-0.1, -0.05) is 25.1 Å². The van der Waals surface area contributed by atoms with Gasteiger partial charge in [-0.3, -0.25) is 14.6 Å². The molecule has 0 saturated carbocycles. The number of carbonyl (C=O) groups is 2. The topological polar surface area (TPSA) is 80.1 Å². The molecule has 7 nitrogen and oxygen atoms in total. The lowest BCUT2D eigenvalue weighted by Gasteiger charge is -2.23. The summed E-state index contributed by atoms with van der Waals surface area (Å²) in [4.78, 5) is 35.8. The zero-order valence-electron chi connectivity index (χ0n) is 19.4. The molecule has 0 bridgehead atoms. The van der Waals surface area contributed by atoms with Crippen molar-refractivity contribution in [2.24, 2.45) is 0 Å². The van der Waals surface area contributed by atoms with Crippen molar-refractivity contribution in [1.29, 1.82) is 0 Å². The number of amides is 2. The quantitative estimate of drug-likeness (QED) is 0.354. The Kier molecular flexibility index (Phi) is 7.99. The minimum atomic E-state index is -0.523. The van der Waals surface area contributed by atoms with Crippen molar-refractivity contribution in [2.75, 3.05) is 6.54 Å². The molecule has 3 aromatic heterocycles. The number of pyridine rings is 1. The minimum absolute atomic E-state index is 0.0698. The van der Waals surface area contributed by atoms with E-state index in [0.29, 0.717) is 31.9 Å². The largest absolute Gasteiger partial charge is 0.345 e. The predicted octanol–water partition coefficient (Wildman–Crippen LogP) is 4.51. The Bertz CT molecular complexity index is 1290. The number of carbonyl (C=O) groups excluding carboxylic acids is 2. The average Bonchev–Trinajstić information content (AvgIpc) is 3.53. The molecule has 1 aromatic carbocycles. The average molecular weight is 492 g/mol. The summed E-state index contributed by atoms with van der Waals surface area (Å²) in [5.74, 6) is -1.11. The van der Waals surface area contributed by atoms with Gasteiger partial charge in [0, 0.05) is 30.0 Å². The van der Waals surface area contributed by atoms with E-state index < -0.39 is 5.82 Å². The number of hydrogen-bond donors (Lipinski definition) is 1. The smallest absolute Gasteiger partial charge is 0.271 e. The lowest BCUT2D eigenvalue weighted by Crippen LogP contribution is -2.32. The second-order valence-electron chi connectivity index (χ2n) is 7.96. The molecule has 180 valence electrons. The first-order valence-electron chi connectivity index (χ1n) is 11.4. The minimum Gasteiger partial charge on any atom is -0.345 e. The number of aromatic nitrogens is 3. The molecule has 0 radical (unpaired) electrons. The molecule has 3 heterocycles. The van der Waals surface area contributed by atoms with E-state index in [0.717, 1.165) is 22.8 Å². The van der Waals surface area contributed by atoms with E-state index in [2.05, 4.69) is 15.3 Å². The Morgan fingerprint density at radius 3 is 2.71 bits per heavy atom. The van der Waals surface area contributed by atoms with Crippen LogP contribution in [0, 0.1) is 5.82 Å². The first-order chi connectivity index (χ1) is 17.0. The molecule has 4 aromatic rings. The van der Waals surface area contributed by atoms with Crippen LogP contribution in [0.4, 0.5) is 4.39 Å². The fourth-order valence-corrected chi connectivity index (χ4v) is 4.44. The standard InChI is InChI=1S/C26H26FN5O2S/c1-2-13-32(26(34)21-10-3-4-11-22(21)27)16-20-9-7-14-31(20)17-24-30-23(18-35-24)25(33)29-15-19-8-5-6-12-28-19/h3-12,14,18H,2,13,15-17H2,1H3,(H,29,33). The molecule has 0 aliphatic carbocycles. The molecule has 4 rings (SSSR count). The van der Waals surface area contributed by atoms with Gasteiger partial charge < -0.3 is 14.8 Å². The molecule has 0 saturated heterocycles. The van der Waals surface area contributed by atoms with Crippen molar-refractivity contribution in [3.05, 3.63) is 106 Å². The fraction of sp³-hybridized carbons (Fsp3) is 0.231. The molecule has 0 unspecified atom stereocenters. The molecule has 35 heavy (non-hydrogen) atoms. The summed E-state index contributed by atoms with van der Waals surface area (Å²) < 4.78 is 16.2. The highest BCUT2D eigenvalue weighted by Gasteiger charge is 2.20. The fourth-order valence-electron chi connectivity index (χ4n) is 3.67. The Morgan fingerprint density at radius 1 is 1.11 bits per heavy atom. The molecule has 0 spiro atoms. The van der Waals surface area contributed by atoms with E-state index in [4.69, 9.17) is 0 Å². The molecular formula is C26H26FN5O2S. The maximum Gasteiger partial charge on any atom is 0.271 e. The molecule has 0 fully saturated rings. The van der Waals surface area contributed by atoms with Gasteiger partial charge in [0.2, 0.25) is 0 Å². The van der Waals surface area contributed by atoms with Crippen LogP contribution in [0.1, 0.15) is 50.6 Å². The second-order valence-corrected chi connectivity index (χ2v) is 8.91. The van der Waals surface area contributed by atoms with Gasteiger partial charge in [0.1, 0.15) is 16.5 Å². The van der Waals surface area contributed by atoms with Gasteiger partial charge in [-0.2, -0.15) is 0 Å². The number of benzene rings is 1. The third-order valence-corrected chi connectivity index (χ3v) is 6.24. The zero-order chi connectivity index (χ0) is 24.6. The van der Waals surface area contributed by atoms with Gasteiger partial charge in [-0.05, 0) is 42.8 Å². The molecule has 9 heteroatoms. The Hall–Kier alpha value is -3.85. The van der Waals surface area contributed by atoms with Gasteiger partial charge in [0.05, 0.1) is 30.9 Å². The van der Waals surface area contributed by atoms with E-state index in [9.17, 15) is 14.0 Å². The first-order valence-corrected chi connectivity index (χ1v) is 12.2. The lowest BCUT2D eigenvalue weighted by molar-refractivity contribution is 0.0734. The Labute approximate surface area is 207 Å². The summed E-state index contributed by atoms with van der Waals surface area (Å²) in [6.45, 7) is 3.63. The second kappa shape index (κ2) is 11.5. The maximum atomic E-state index is 14.2. The van der Waals surface area contributed by atoms with E-state index >= 15 is 0 Å². The molecule has 0 aliphatic rings. The van der Waals surface area contributed by atoms with Gasteiger partial charge in [-0.25, -0.2) is 9.37 Å². The van der Waals surface area contributed by atoms with Crippen LogP contribution in [0.15, 0.2) is 72.4 Å². The number of thiazole rings is 1. The van der Waals surface area contributed by atoms with Crippen molar-refractivity contribution < 1.29 is 14.0 Å². The van der Waals surface area contributed by atoms with Crippen molar-refractivity contribution in [3.8, 4) is 0 Å². The van der Waals surface area contributed by atoms with Crippen LogP contribution >= 0.6 is 11.3 Å². The summed E-state index contributed by atoms with van der Waals surface area (Å²) in [5, 5.41) is 5.34. The van der Waals surface area contributed by atoms with Crippen LogP contribution < -0.4 is 5.32 Å². The molecule has 0 aliphatic heterocycles. The van der Waals surface area contributed by atoms with E-state index in [1.807, 2.05) is 48.0 Å². The zero-order valence-corrected chi connectivity index (χ0v) is 20.2. The van der Waals surface area contributed by atoms with Crippen LogP contribution in [0.3, 0.4) is 0 Å². The van der Waals surface area contributed by atoms with Crippen molar-refractivity contribution in [1.82, 2.24) is 24.8 Å². The van der Waals surface area contributed by atoms with Crippen LogP contribution in [-0.2, 0) is 19.6 Å². The van der Waals surface area contributed by atoms with Gasteiger partial charge in [0.15, 0.2) is 0 Å². The number of nitrogens with zero attached hydrogens (tertiary/aromatic N) is 4. The summed E-state index contributed by atoms with van der Waals surface area (Å²) in [6.07, 6.45) is 4.35. The summed E-state index contributed by atoms with van der Waals surface area (Å²) in [6, 6.07) is 15.4. The number of rotatable bonds is 10. The van der Waals surface area contributed by atoms with Gasteiger partial charge in [-0.15, -0.1) is 11.3 Å². The molecule has 0 atom stereocenters. The normalized spacial score (nSPS) is 10.8. The van der Waals surface area contributed by atoms with E-state index in [1.165, 1.54) is 23.5 Å². The summed E-state index contributed by atoms with van der Waals surface area (Å²) in [7, 11) is 0. The number of nitrogens with one attached hydrogen (secondary N) is 1. The van der Waals surface area contributed by atoms with Crippen molar-refractivity contribution in [3.63, 3.8) is 0 Å². The van der Waals surface area contributed by atoms with Crippen LogP contribution in [0.5, 0.6) is 0 Å². The van der Waals surface area contributed by atoms with E-state index in [-0.39, 0.29) is 17.4 Å². The Morgan fingerprint density at radius 2 is 1.94 bits per heavy atom. The third-order valence-electron chi connectivity index (χ3n) is 5.41. The number of halogens is 1.